The average Bonchev–Trinajstić information content (AvgIpc) is 2.93. The summed E-state index contributed by atoms with van der Waals surface area (Å²) in [5.41, 5.74) is 8.37. The van der Waals surface area contributed by atoms with E-state index in [1.165, 1.54) is 18.4 Å². The zero-order valence-electron chi connectivity index (χ0n) is 9.95. The normalized spacial score (nSPS) is 17.3. The Morgan fingerprint density at radius 1 is 1.47 bits per heavy atom. The SMILES string of the molecule is Cn1cc(Cn2ccc(C(N)C3CC3)c2)nn1. The molecule has 5 heteroatoms. The highest BCUT2D eigenvalue weighted by atomic mass is 15.4. The van der Waals surface area contributed by atoms with Gasteiger partial charge in [-0.15, -0.1) is 5.10 Å². The van der Waals surface area contributed by atoms with E-state index in [2.05, 4.69) is 33.3 Å². The second-order valence-corrected chi connectivity index (χ2v) is 4.86. The van der Waals surface area contributed by atoms with Gasteiger partial charge < -0.3 is 10.3 Å². The summed E-state index contributed by atoms with van der Waals surface area (Å²) in [6, 6.07) is 2.32. The quantitative estimate of drug-likeness (QED) is 0.856. The molecule has 1 unspecified atom stereocenters. The van der Waals surface area contributed by atoms with Crippen LogP contribution in [0.3, 0.4) is 0 Å². The van der Waals surface area contributed by atoms with Crippen molar-refractivity contribution in [2.45, 2.75) is 25.4 Å². The lowest BCUT2D eigenvalue weighted by molar-refractivity contribution is 0.630. The van der Waals surface area contributed by atoms with Crippen LogP contribution >= 0.6 is 0 Å². The molecule has 0 spiro atoms. The van der Waals surface area contributed by atoms with Crippen LogP contribution < -0.4 is 5.73 Å². The summed E-state index contributed by atoms with van der Waals surface area (Å²) in [5.74, 6) is 0.697. The van der Waals surface area contributed by atoms with Crippen LogP contribution in [0.25, 0.3) is 0 Å². The molecular weight excluding hydrogens is 214 g/mol. The molecule has 0 amide bonds. The van der Waals surface area contributed by atoms with E-state index in [4.69, 9.17) is 5.73 Å². The topological polar surface area (TPSA) is 61.7 Å². The molecule has 2 heterocycles. The second kappa shape index (κ2) is 4.00. The van der Waals surface area contributed by atoms with Crippen LogP contribution in [0.1, 0.15) is 30.1 Å². The maximum absolute atomic E-state index is 6.17. The predicted molar refractivity (Wildman–Crippen MR) is 64.2 cm³/mol. The molecule has 1 aliphatic rings. The summed E-state index contributed by atoms with van der Waals surface area (Å²) in [6.45, 7) is 0.755. The number of aromatic nitrogens is 4. The minimum Gasteiger partial charge on any atom is -0.348 e. The molecule has 3 rings (SSSR count). The summed E-state index contributed by atoms with van der Waals surface area (Å²) in [5, 5.41) is 8.00. The van der Waals surface area contributed by atoms with Crippen LogP contribution in [0, 0.1) is 5.92 Å². The molecule has 2 aromatic rings. The molecule has 0 radical (unpaired) electrons. The minimum absolute atomic E-state index is 0.207. The van der Waals surface area contributed by atoms with Gasteiger partial charge in [0.05, 0.1) is 6.54 Å². The van der Waals surface area contributed by atoms with Gasteiger partial charge in [0.25, 0.3) is 0 Å². The summed E-state index contributed by atoms with van der Waals surface area (Å²) in [7, 11) is 1.88. The third-order valence-electron chi connectivity index (χ3n) is 3.28. The number of nitrogens with zero attached hydrogens (tertiary/aromatic N) is 4. The van der Waals surface area contributed by atoms with E-state index in [0.717, 1.165) is 12.2 Å². The van der Waals surface area contributed by atoms with Gasteiger partial charge in [0.1, 0.15) is 5.69 Å². The fraction of sp³-hybridized carbons (Fsp3) is 0.500. The molecule has 2 aromatic heterocycles. The Morgan fingerprint density at radius 3 is 2.94 bits per heavy atom. The van der Waals surface area contributed by atoms with Crippen LogP contribution in [0.5, 0.6) is 0 Å². The first-order valence-corrected chi connectivity index (χ1v) is 5.99. The van der Waals surface area contributed by atoms with Crippen molar-refractivity contribution in [2.75, 3.05) is 0 Å². The summed E-state index contributed by atoms with van der Waals surface area (Å²) < 4.78 is 3.83. The highest BCUT2D eigenvalue weighted by molar-refractivity contribution is 5.18. The molecule has 0 bridgehead atoms. The van der Waals surface area contributed by atoms with Crippen molar-refractivity contribution in [3.63, 3.8) is 0 Å². The molecule has 1 fully saturated rings. The summed E-state index contributed by atoms with van der Waals surface area (Å²) in [4.78, 5) is 0. The average molecular weight is 231 g/mol. The summed E-state index contributed by atoms with van der Waals surface area (Å²) >= 11 is 0. The molecule has 1 saturated carbocycles. The Kier molecular flexibility index (Phi) is 2.48. The monoisotopic (exact) mass is 231 g/mol. The fourth-order valence-corrected chi connectivity index (χ4v) is 2.14. The molecule has 1 aliphatic carbocycles. The predicted octanol–water partition coefficient (Wildman–Crippen LogP) is 1.07. The van der Waals surface area contributed by atoms with Crippen LogP contribution in [0.4, 0.5) is 0 Å². The Morgan fingerprint density at radius 2 is 2.29 bits per heavy atom. The van der Waals surface area contributed by atoms with E-state index in [1.54, 1.807) is 4.68 Å². The molecule has 0 aromatic carbocycles. The van der Waals surface area contributed by atoms with E-state index in [0.29, 0.717) is 5.92 Å². The van der Waals surface area contributed by atoms with Crippen molar-refractivity contribution in [2.24, 2.45) is 18.7 Å². The number of hydrogen-bond donors (Lipinski definition) is 1. The summed E-state index contributed by atoms with van der Waals surface area (Å²) in [6.07, 6.45) is 8.66. The van der Waals surface area contributed by atoms with Crippen molar-refractivity contribution in [1.82, 2.24) is 19.6 Å². The largest absolute Gasteiger partial charge is 0.348 e. The van der Waals surface area contributed by atoms with Gasteiger partial charge >= 0.3 is 0 Å². The van der Waals surface area contributed by atoms with E-state index < -0.39 is 0 Å². The molecular formula is C12H17N5. The van der Waals surface area contributed by atoms with Crippen LogP contribution in [-0.4, -0.2) is 19.6 Å². The Balaban J connectivity index is 1.71. The van der Waals surface area contributed by atoms with Gasteiger partial charge in [0.2, 0.25) is 0 Å². The molecule has 1 atom stereocenters. The highest BCUT2D eigenvalue weighted by Gasteiger charge is 2.29. The minimum atomic E-state index is 0.207. The Bertz CT molecular complexity index is 508. The first-order valence-electron chi connectivity index (χ1n) is 5.99. The molecule has 0 saturated heterocycles. The van der Waals surface area contributed by atoms with E-state index in [9.17, 15) is 0 Å². The molecule has 5 nitrogen and oxygen atoms in total. The van der Waals surface area contributed by atoms with E-state index in [1.807, 2.05) is 13.2 Å². The molecule has 90 valence electrons. The standard InChI is InChI=1S/C12H17N5/c1-16-7-11(14-15-16)8-17-5-4-10(6-17)12(13)9-2-3-9/h4-7,9,12H,2-3,8,13H2,1H3. The number of rotatable bonds is 4. The maximum atomic E-state index is 6.17. The smallest absolute Gasteiger partial charge is 0.102 e. The first-order chi connectivity index (χ1) is 8.22. The number of aryl methyl sites for hydroxylation is 1. The number of hydrogen-bond acceptors (Lipinski definition) is 3. The zero-order valence-corrected chi connectivity index (χ0v) is 9.95. The van der Waals surface area contributed by atoms with E-state index in [-0.39, 0.29) is 6.04 Å². The van der Waals surface area contributed by atoms with Crippen molar-refractivity contribution in [1.29, 1.82) is 0 Å². The number of nitrogens with two attached hydrogens (primary N) is 1. The Hall–Kier alpha value is -1.62. The first kappa shape index (κ1) is 10.5. The zero-order chi connectivity index (χ0) is 11.8. The van der Waals surface area contributed by atoms with Gasteiger partial charge in [-0.2, -0.15) is 0 Å². The lowest BCUT2D eigenvalue weighted by Gasteiger charge is -2.06. The fourth-order valence-electron chi connectivity index (χ4n) is 2.14. The van der Waals surface area contributed by atoms with Crippen molar-refractivity contribution < 1.29 is 0 Å². The van der Waals surface area contributed by atoms with Gasteiger partial charge in [-0.05, 0) is 30.4 Å². The molecule has 17 heavy (non-hydrogen) atoms. The van der Waals surface area contributed by atoms with E-state index >= 15 is 0 Å². The van der Waals surface area contributed by atoms with Gasteiger partial charge in [-0.3, -0.25) is 4.68 Å². The van der Waals surface area contributed by atoms with Crippen molar-refractivity contribution >= 4 is 0 Å². The van der Waals surface area contributed by atoms with Gasteiger partial charge in [0, 0.05) is 31.7 Å². The highest BCUT2D eigenvalue weighted by Crippen LogP contribution is 2.39. The van der Waals surface area contributed by atoms with Crippen molar-refractivity contribution in [3.8, 4) is 0 Å². The van der Waals surface area contributed by atoms with Crippen LogP contribution in [-0.2, 0) is 13.6 Å². The molecule has 0 aliphatic heterocycles. The molecule has 2 N–H and O–H groups in total. The van der Waals surface area contributed by atoms with Crippen LogP contribution in [0.15, 0.2) is 24.7 Å². The van der Waals surface area contributed by atoms with Gasteiger partial charge in [-0.1, -0.05) is 5.21 Å². The third-order valence-corrected chi connectivity index (χ3v) is 3.28. The lowest BCUT2D eigenvalue weighted by Crippen LogP contribution is -2.11. The Labute approximate surface area is 100 Å². The lowest BCUT2D eigenvalue weighted by atomic mass is 10.1. The maximum Gasteiger partial charge on any atom is 0.102 e. The van der Waals surface area contributed by atoms with Gasteiger partial charge in [-0.25, -0.2) is 0 Å². The van der Waals surface area contributed by atoms with Crippen molar-refractivity contribution in [3.05, 3.63) is 35.9 Å². The third kappa shape index (κ3) is 2.24. The van der Waals surface area contributed by atoms with Gasteiger partial charge in [0.15, 0.2) is 0 Å². The second-order valence-electron chi connectivity index (χ2n) is 4.86. The van der Waals surface area contributed by atoms with Crippen LogP contribution in [0.2, 0.25) is 0 Å².